The van der Waals surface area contributed by atoms with Crippen LogP contribution in [-0.2, 0) is 6.18 Å². The third kappa shape index (κ3) is 6.23. The quantitative estimate of drug-likeness (QED) is 0.172. The molecule has 11 heteroatoms. The van der Waals surface area contributed by atoms with Crippen LogP contribution in [0.2, 0.25) is 0 Å². The molecule has 5 aromatic rings. The molecule has 256 valence electrons. The second-order valence-electron chi connectivity index (χ2n) is 12.9. The van der Waals surface area contributed by atoms with E-state index in [4.69, 9.17) is 14.6 Å². The number of alkyl halides is 3. The van der Waals surface area contributed by atoms with E-state index in [-0.39, 0.29) is 28.9 Å². The van der Waals surface area contributed by atoms with E-state index in [1.54, 1.807) is 26.4 Å². The fourth-order valence-corrected chi connectivity index (χ4v) is 6.79. The van der Waals surface area contributed by atoms with Crippen molar-refractivity contribution in [2.45, 2.75) is 51.2 Å². The summed E-state index contributed by atoms with van der Waals surface area (Å²) < 4.78 is 54.8. The molecule has 2 aliphatic rings. The Morgan fingerprint density at radius 3 is 2.20 bits per heavy atom. The average molecular weight is 680 g/mol. The summed E-state index contributed by atoms with van der Waals surface area (Å²) in [5, 5.41) is 10.5. The van der Waals surface area contributed by atoms with E-state index >= 15 is 0 Å². The van der Waals surface area contributed by atoms with Gasteiger partial charge < -0.3 is 9.47 Å². The number of amides is 1. The fourth-order valence-electron chi connectivity index (χ4n) is 6.79. The number of methoxy groups -OCH3 is 2. The first-order valence-corrected chi connectivity index (χ1v) is 16.5. The number of carbonyl (C=O) groups is 1. The van der Waals surface area contributed by atoms with Gasteiger partial charge in [0.15, 0.2) is 17.0 Å². The van der Waals surface area contributed by atoms with E-state index in [1.165, 1.54) is 11.1 Å². The topological polar surface area (TPSA) is 81.3 Å². The highest BCUT2D eigenvalue weighted by molar-refractivity contribution is 6.09. The molecule has 0 unspecified atom stereocenters. The van der Waals surface area contributed by atoms with Gasteiger partial charge in [-0.3, -0.25) is 4.79 Å². The summed E-state index contributed by atoms with van der Waals surface area (Å²) in [6, 6.07) is 24.2. The van der Waals surface area contributed by atoms with E-state index < -0.39 is 23.8 Å². The number of nitrogens with zero attached hydrogens (tertiary/aromatic N) is 5. The van der Waals surface area contributed by atoms with Crippen LogP contribution in [0.5, 0.6) is 11.5 Å². The molecule has 8 nitrogen and oxygen atoms in total. The molecule has 0 N–H and O–H groups in total. The van der Waals surface area contributed by atoms with Crippen molar-refractivity contribution in [2.24, 2.45) is 11.0 Å². The minimum Gasteiger partial charge on any atom is -0.497 e. The van der Waals surface area contributed by atoms with Crippen molar-refractivity contribution in [2.75, 3.05) is 14.2 Å². The predicted molar refractivity (Wildman–Crippen MR) is 185 cm³/mol. The van der Waals surface area contributed by atoms with Crippen LogP contribution in [0.3, 0.4) is 0 Å². The van der Waals surface area contributed by atoms with Crippen LogP contribution in [-0.4, -0.2) is 45.4 Å². The zero-order chi connectivity index (χ0) is 35.2. The molecule has 50 heavy (non-hydrogen) atoms. The fraction of sp³-hybridized carbons (Fsp3) is 0.282. The average Bonchev–Trinajstić information content (AvgIpc) is 3.74. The summed E-state index contributed by atoms with van der Waals surface area (Å²) in [4.78, 5) is 18.9. The Labute approximate surface area is 287 Å². The Kier molecular flexibility index (Phi) is 8.67. The van der Waals surface area contributed by atoms with Crippen molar-refractivity contribution >= 4 is 23.3 Å². The first kappa shape index (κ1) is 33.1. The van der Waals surface area contributed by atoms with Crippen molar-refractivity contribution in [3.8, 4) is 22.8 Å². The van der Waals surface area contributed by atoms with Crippen molar-refractivity contribution in [3.05, 3.63) is 119 Å². The minimum atomic E-state index is -4.75. The zero-order valence-electron chi connectivity index (χ0n) is 28.1. The molecule has 2 atom stereocenters. The summed E-state index contributed by atoms with van der Waals surface area (Å²) >= 11 is 0. The van der Waals surface area contributed by atoms with E-state index in [0.717, 1.165) is 59.1 Å². The lowest BCUT2D eigenvalue weighted by molar-refractivity contribution is -0.142. The van der Waals surface area contributed by atoms with Gasteiger partial charge in [0.1, 0.15) is 11.5 Å². The molecule has 1 aliphatic heterocycles. The lowest BCUT2D eigenvalue weighted by Gasteiger charge is -2.29. The van der Waals surface area contributed by atoms with Crippen molar-refractivity contribution in [1.29, 1.82) is 0 Å². The first-order valence-electron chi connectivity index (χ1n) is 16.5. The summed E-state index contributed by atoms with van der Waals surface area (Å²) in [6.07, 6.45) is -0.247. The number of halogens is 3. The number of fused-ring (bicyclic) bond motifs is 2. The Morgan fingerprint density at radius 2 is 1.58 bits per heavy atom. The van der Waals surface area contributed by atoms with E-state index in [9.17, 15) is 18.0 Å². The number of hydrogen-bond donors (Lipinski definition) is 0. The lowest BCUT2D eigenvalue weighted by Crippen LogP contribution is -2.32. The number of allylic oxidation sites excluding steroid dienone is 1. The van der Waals surface area contributed by atoms with Crippen molar-refractivity contribution in [3.63, 3.8) is 0 Å². The third-order valence-corrected chi connectivity index (χ3v) is 9.43. The SMILES string of the molecule is COc1ccc(/C=C2\CCC[C@@H]3C2=NN(C(=O)c2cc4nc(-c5ccc(C(C)C)cc5)cc(C(F)(F)F)n4n2)[C@@H]3c2ccc(OC)cc2)cc1. The van der Waals surface area contributed by atoms with Crippen LogP contribution < -0.4 is 9.47 Å². The second-order valence-corrected chi connectivity index (χ2v) is 12.9. The van der Waals surface area contributed by atoms with Gasteiger partial charge in [-0.1, -0.05) is 62.4 Å². The maximum absolute atomic E-state index is 14.5. The number of hydrazone groups is 1. The van der Waals surface area contributed by atoms with Gasteiger partial charge in [0.25, 0.3) is 5.91 Å². The van der Waals surface area contributed by atoms with Crippen LogP contribution >= 0.6 is 0 Å². The van der Waals surface area contributed by atoms with Gasteiger partial charge in [0.2, 0.25) is 0 Å². The summed E-state index contributed by atoms with van der Waals surface area (Å²) in [5.74, 6) is 0.928. The second kappa shape index (κ2) is 13.1. The van der Waals surface area contributed by atoms with Crippen molar-refractivity contribution < 1.29 is 27.4 Å². The standard InChI is InChI=1S/C39H36F3N5O3/c1-23(2)25-10-12-26(13-11-25)32-21-34(39(40,41)42)46-35(43-32)22-33(44-46)38(48)47-37(27-14-18-30(50-4)19-15-27)31-7-5-6-28(36(31)45-47)20-24-8-16-29(49-3)17-9-24/h8-23,31,37H,5-7H2,1-4H3/b28-20+/t31-,37-/m1/s1. The Bertz CT molecular complexity index is 2100. The van der Waals surface area contributed by atoms with Crippen LogP contribution in [0, 0.1) is 5.92 Å². The normalized spacial score (nSPS) is 18.4. The molecule has 0 saturated heterocycles. The van der Waals surface area contributed by atoms with Crippen LogP contribution in [0.15, 0.2) is 95.6 Å². The minimum absolute atomic E-state index is 0.0866. The number of aromatic nitrogens is 3. The van der Waals surface area contributed by atoms with Gasteiger partial charge in [-0.2, -0.15) is 23.4 Å². The highest BCUT2D eigenvalue weighted by atomic mass is 19.4. The highest BCUT2D eigenvalue weighted by Crippen LogP contribution is 2.45. The van der Waals surface area contributed by atoms with Gasteiger partial charge in [0.05, 0.1) is 31.7 Å². The predicted octanol–water partition coefficient (Wildman–Crippen LogP) is 8.99. The van der Waals surface area contributed by atoms with E-state index in [0.29, 0.717) is 15.8 Å². The molecule has 0 spiro atoms. The van der Waals surface area contributed by atoms with E-state index in [1.807, 2.05) is 74.5 Å². The van der Waals surface area contributed by atoms with Gasteiger partial charge in [-0.25, -0.2) is 14.5 Å². The van der Waals surface area contributed by atoms with Crippen LogP contribution in [0.1, 0.15) is 77.9 Å². The monoisotopic (exact) mass is 679 g/mol. The maximum atomic E-state index is 14.5. The molecule has 7 rings (SSSR count). The van der Waals surface area contributed by atoms with Gasteiger partial charge >= 0.3 is 6.18 Å². The molecule has 1 aliphatic carbocycles. The first-order chi connectivity index (χ1) is 24.0. The highest BCUT2D eigenvalue weighted by Gasteiger charge is 2.45. The molecule has 1 fully saturated rings. The van der Waals surface area contributed by atoms with Crippen LogP contribution in [0.25, 0.3) is 23.0 Å². The molecular weight excluding hydrogens is 643 g/mol. The number of benzene rings is 3. The Balaban J connectivity index is 1.31. The molecule has 1 saturated carbocycles. The molecular formula is C39H36F3N5O3. The number of carbonyl (C=O) groups excluding carboxylic acids is 1. The maximum Gasteiger partial charge on any atom is 0.433 e. The lowest BCUT2D eigenvalue weighted by atomic mass is 9.77. The van der Waals surface area contributed by atoms with Crippen molar-refractivity contribution in [1.82, 2.24) is 19.6 Å². The molecule has 0 radical (unpaired) electrons. The van der Waals surface area contributed by atoms with E-state index in [2.05, 4.69) is 16.2 Å². The molecule has 3 aromatic carbocycles. The molecule has 2 aromatic heterocycles. The number of ether oxygens (including phenoxy) is 2. The Hall–Kier alpha value is -5.45. The third-order valence-electron chi connectivity index (χ3n) is 9.43. The molecule has 1 amide bonds. The Morgan fingerprint density at radius 1 is 0.920 bits per heavy atom. The van der Waals surface area contributed by atoms with Gasteiger partial charge in [-0.15, -0.1) is 0 Å². The number of rotatable bonds is 7. The zero-order valence-corrected chi connectivity index (χ0v) is 28.1. The summed E-state index contributed by atoms with van der Waals surface area (Å²) in [7, 11) is 3.20. The van der Waals surface area contributed by atoms with Gasteiger partial charge in [-0.05, 0) is 83.9 Å². The van der Waals surface area contributed by atoms with Gasteiger partial charge in [0, 0.05) is 17.5 Å². The molecule has 0 bridgehead atoms. The summed E-state index contributed by atoms with van der Waals surface area (Å²) in [6.45, 7) is 4.09. The molecule has 3 heterocycles. The summed E-state index contributed by atoms with van der Waals surface area (Å²) in [5.41, 5.74) is 4.02. The smallest absolute Gasteiger partial charge is 0.433 e. The largest absolute Gasteiger partial charge is 0.497 e. The van der Waals surface area contributed by atoms with Crippen LogP contribution in [0.4, 0.5) is 13.2 Å². The number of hydrogen-bond acceptors (Lipinski definition) is 6.